The number of aliphatic carboxylic acids is 1. The Morgan fingerprint density at radius 1 is 1.17 bits per heavy atom. The van der Waals surface area contributed by atoms with Gasteiger partial charge in [0.05, 0.1) is 14.2 Å². The van der Waals surface area contributed by atoms with E-state index in [-0.39, 0.29) is 5.91 Å². The van der Waals surface area contributed by atoms with Crippen LogP contribution in [0.5, 0.6) is 11.5 Å². The van der Waals surface area contributed by atoms with E-state index < -0.39 is 12.0 Å². The second-order valence-corrected chi connectivity index (χ2v) is 5.36. The van der Waals surface area contributed by atoms with Gasteiger partial charge in [-0.25, -0.2) is 4.79 Å². The maximum Gasteiger partial charge on any atom is 0.326 e. The van der Waals surface area contributed by atoms with Gasteiger partial charge in [-0.05, 0) is 43.0 Å². The predicted molar refractivity (Wildman–Crippen MR) is 85.6 cm³/mol. The molecule has 1 N–H and O–H groups in total. The van der Waals surface area contributed by atoms with E-state index in [1.807, 2.05) is 0 Å². The first kappa shape index (κ1) is 16.9. The summed E-state index contributed by atoms with van der Waals surface area (Å²) < 4.78 is 10.4. The number of methoxy groups -OCH3 is 2. The van der Waals surface area contributed by atoms with Crippen LogP contribution < -0.4 is 9.47 Å². The van der Waals surface area contributed by atoms with Crippen molar-refractivity contribution >= 4 is 18.0 Å². The third-order valence-corrected chi connectivity index (χ3v) is 3.86. The van der Waals surface area contributed by atoms with Crippen molar-refractivity contribution in [2.24, 2.45) is 0 Å². The van der Waals surface area contributed by atoms with Crippen molar-refractivity contribution in [3.63, 3.8) is 0 Å². The molecule has 0 saturated carbocycles. The number of benzene rings is 1. The van der Waals surface area contributed by atoms with E-state index in [4.69, 9.17) is 9.47 Å². The Bertz CT molecular complexity index is 589. The first-order valence-corrected chi connectivity index (χ1v) is 7.49. The molecule has 1 amide bonds. The lowest BCUT2D eigenvalue weighted by Gasteiger charge is -2.32. The van der Waals surface area contributed by atoms with Gasteiger partial charge in [-0.2, -0.15) is 0 Å². The summed E-state index contributed by atoms with van der Waals surface area (Å²) in [6, 6.07) is 4.55. The second kappa shape index (κ2) is 7.67. The molecule has 1 atom stereocenters. The zero-order chi connectivity index (χ0) is 16.8. The monoisotopic (exact) mass is 319 g/mol. The molecule has 1 fully saturated rings. The normalized spacial score (nSPS) is 18.0. The van der Waals surface area contributed by atoms with Crippen molar-refractivity contribution in [1.82, 2.24) is 4.90 Å². The number of amides is 1. The van der Waals surface area contributed by atoms with E-state index in [2.05, 4.69) is 0 Å². The summed E-state index contributed by atoms with van der Waals surface area (Å²) in [7, 11) is 3.11. The number of piperidine rings is 1. The molecule has 1 aromatic rings. The molecular weight excluding hydrogens is 298 g/mol. The van der Waals surface area contributed by atoms with Crippen molar-refractivity contribution < 1.29 is 24.2 Å². The van der Waals surface area contributed by atoms with Crippen LogP contribution in [0.25, 0.3) is 6.08 Å². The van der Waals surface area contributed by atoms with Gasteiger partial charge in [0, 0.05) is 18.7 Å². The summed E-state index contributed by atoms with van der Waals surface area (Å²) in [5.41, 5.74) is 0.749. The molecule has 1 aliphatic heterocycles. The highest BCUT2D eigenvalue weighted by Crippen LogP contribution is 2.23. The molecule has 1 aliphatic rings. The Kier molecular flexibility index (Phi) is 5.62. The Morgan fingerprint density at radius 3 is 2.39 bits per heavy atom. The first-order chi connectivity index (χ1) is 11.0. The largest absolute Gasteiger partial charge is 0.497 e. The number of ether oxygens (including phenoxy) is 2. The van der Waals surface area contributed by atoms with Crippen LogP contribution in [-0.4, -0.2) is 48.7 Å². The van der Waals surface area contributed by atoms with E-state index in [9.17, 15) is 14.7 Å². The standard InChI is InChI=1S/C17H21NO5/c1-22-13-9-12(10-14(11-13)23-2)6-7-16(19)18-8-4-3-5-15(18)17(20)21/h6-7,9-11,15H,3-5,8H2,1-2H3,(H,20,21)/b7-6+. The van der Waals surface area contributed by atoms with E-state index in [0.717, 1.165) is 18.4 Å². The van der Waals surface area contributed by atoms with Crippen LogP contribution >= 0.6 is 0 Å². The summed E-state index contributed by atoms with van der Waals surface area (Å²) in [5, 5.41) is 9.23. The topological polar surface area (TPSA) is 76.1 Å². The van der Waals surface area contributed by atoms with Crippen molar-refractivity contribution in [3.8, 4) is 11.5 Å². The maximum atomic E-state index is 12.3. The fourth-order valence-corrected chi connectivity index (χ4v) is 2.64. The van der Waals surface area contributed by atoms with Gasteiger partial charge in [0.2, 0.25) is 5.91 Å². The third kappa shape index (κ3) is 4.25. The Labute approximate surface area is 135 Å². The quantitative estimate of drug-likeness (QED) is 0.842. The molecule has 0 aromatic heterocycles. The Balaban J connectivity index is 2.15. The van der Waals surface area contributed by atoms with E-state index >= 15 is 0 Å². The molecule has 0 bridgehead atoms. The highest BCUT2D eigenvalue weighted by Gasteiger charge is 2.30. The minimum absolute atomic E-state index is 0.293. The van der Waals surface area contributed by atoms with Crippen LogP contribution in [0, 0.1) is 0 Å². The summed E-state index contributed by atoms with van der Waals surface area (Å²) >= 11 is 0. The minimum atomic E-state index is -0.950. The summed E-state index contributed by atoms with van der Waals surface area (Å²) in [6.07, 6.45) is 5.20. The fourth-order valence-electron chi connectivity index (χ4n) is 2.64. The van der Waals surface area contributed by atoms with Gasteiger partial charge >= 0.3 is 5.97 Å². The van der Waals surface area contributed by atoms with Gasteiger partial charge in [0.1, 0.15) is 17.5 Å². The fraction of sp³-hybridized carbons (Fsp3) is 0.412. The van der Waals surface area contributed by atoms with E-state index in [1.165, 1.54) is 11.0 Å². The summed E-state index contributed by atoms with van der Waals surface area (Å²) in [4.78, 5) is 25.0. The molecule has 2 rings (SSSR count). The molecule has 0 radical (unpaired) electrons. The minimum Gasteiger partial charge on any atom is -0.497 e. The van der Waals surface area contributed by atoms with Crippen LogP contribution in [0.1, 0.15) is 24.8 Å². The van der Waals surface area contributed by atoms with Gasteiger partial charge in [0.25, 0.3) is 0 Å². The number of likely N-dealkylation sites (tertiary alicyclic amines) is 1. The van der Waals surface area contributed by atoms with Gasteiger partial charge in [-0.3, -0.25) is 4.79 Å². The van der Waals surface area contributed by atoms with Crippen LogP contribution in [-0.2, 0) is 9.59 Å². The van der Waals surface area contributed by atoms with Crippen LogP contribution in [0.3, 0.4) is 0 Å². The molecule has 6 nitrogen and oxygen atoms in total. The Hall–Kier alpha value is -2.50. The Morgan fingerprint density at radius 2 is 1.83 bits per heavy atom. The SMILES string of the molecule is COc1cc(/C=C/C(=O)N2CCCCC2C(=O)O)cc(OC)c1. The highest BCUT2D eigenvalue weighted by molar-refractivity contribution is 5.94. The number of carbonyl (C=O) groups excluding carboxylic acids is 1. The lowest BCUT2D eigenvalue weighted by molar-refractivity contribution is -0.150. The number of carbonyl (C=O) groups is 2. The smallest absolute Gasteiger partial charge is 0.326 e. The van der Waals surface area contributed by atoms with Gasteiger partial charge in [0.15, 0.2) is 0 Å². The number of hydrogen-bond acceptors (Lipinski definition) is 4. The van der Waals surface area contributed by atoms with Crippen molar-refractivity contribution in [1.29, 1.82) is 0 Å². The average Bonchev–Trinajstić information content (AvgIpc) is 2.59. The zero-order valence-corrected chi connectivity index (χ0v) is 13.3. The lowest BCUT2D eigenvalue weighted by Crippen LogP contribution is -2.47. The third-order valence-electron chi connectivity index (χ3n) is 3.86. The second-order valence-electron chi connectivity index (χ2n) is 5.36. The summed E-state index contributed by atoms with van der Waals surface area (Å²) in [5.74, 6) is 0.00375. The first-order valence-electron chi connectivity index (χ1n) is 7.49. The number of nitrogens with zero attached hydrogens (tertiary/aromatic N) is 1. The van der Waals surface area contributed by atoms with Gasteiger partial charge in [-0.15, -0.1) is 0 Å². The molecule has 1 aromatic carbocycles. The molecule has 6 heteroatoms. The van der Waals surface area contributed by atoms with Crippen molar-refractivity contribution in [3.05, 3.63) is 29.8 Å². The van der Waals surface area contributed by atoms with E-state index in [1.54, 1.807) is 38.5 Å². The van der Waals surface area contributed by atoms with Crippen LogP contribution in [0.2, 0.25) is 0 Å². The average molecular weight is 319 g/mol. The molecule has 1 unspecified atom stereocenters. The van der Waals surface area contributed by atoms with Crippen molar-refractivity contribution in [2.75, 3.05) is 20.8 Å². The molecule has 23 heavy (non-hydrogen) atoms. The number of carboxylic acids is 1. The van der Waals surface area contributed by atoms with Gasteiger partial charge in [-0.1, -0.05) is 0 Å². The molecule has 1 heterocycles. The number of hydrogen-bond donors (Lipinski definition) is 1. The number of rotatable bonds is 5. The molecular formula is C17H21NO5. The molecule has 124 valence electrons. The highest BCUT2D eigenvalue weighted by atomic mass is 16.5. The van der Waals surface area contributed by atoms with Crippen LogP contribution in [0.15, 0.2) is 24.3 Å². The molecule has 0 spiro atoms. The lowest BCUT2D eigenvalue weighted by atomic mass is 10.0. The van der Waals surface area contributed by atoms with Crippen LogP contribution in [0.4, 0.5) is 0 Å². The molecule has 0 aliphatic carbocycles. The van der Waals surface area contributed by atoms with Gasteiger partial charge < -0.3 is 19.5 Å². The summed E-state index contributed by atoms with van der Waals surface area (Å²) in [6.45, 7) is 0.474. The number of carboxylic acid groups (broad SMARTS) is 1. The zero-order valence-electron chi connectivity index (χ0n) is 13.3. The van der Waals surface area contributed by atoms with Crippen molar-refractivity contribution in [2.45, 2.75) is 25.3 Å². The maximum absolute atomic E-state index is 12.3. The van der Waals surface area contributed by atoms with E-state index in [0.29, 0.717) is 24.5 Å². The predicted octanol–water partition coefficient (Wildman–Crippen LogP) is 2.18. The molecule has 1 saturated heterocycles.